The second-order valence-electron chi connectivity index (χ2n) is 6.80. The van der Waals surface area contributed by atoms with E-state index in [0.717, 1.165) is 15.8 Å². The number of nitrogens with zero attached hydrogens (tertiary/aromatic N) is 4. The number of anilines is 1. The molecule has 0 aliphatic carbocycles. The van der Waals surface area contributed by atoms with E-state index in [9.17, 15) is 14.9 Å². The minimum absolute atomic E-state index is 0.0352. The van der Waals surface area contributed by atoms with Gasteiger partial charge in [0, 0.05) is 36.7 Å². The Morgan fingerprint density at radius 2 is 2.09 bits per heavy atom. The Morgan fingerprint density at radius 1 is 1.22 bits per heavy atom. The predicted octanol–water partition coefficient (Wildman–Crippen LogP) is 4.85. The molecule has 0 atom stereocenters. The van der Waals surface area contributed by atoms with Gasteiger partial charge in [0.05, 0.1) is 28.8 Å². The second kappa shape index (κ2) is 9.36. The summed E-state index contributed by atoms with van der Waals surface area (Å²) < 4.78 is 6.19. The summed E-state index contributed by atoms with van der Waals surface area (Å²) in [5, 5.41) is 11.5. The highest BCUT2D eigenvalue weighted by Gasteiger charge is 2.19. The molecule has 0 bridgehead atoms. The highest BCUT2D eigenvalue weighted by atomic mass is 32.1. The normalized spacial score (nSPS) is 11.0. The number of benzene rings is 2. The average Bonchev–Trinajstić information content (AvgIpc) is 3.24. The van der Waals surface area contributed by atoms with Crippen molar-refractivity contribution in [2.24, 2.45) is 0 Å². The number of amides is 1. The monoisotopic (exact) mass is 446 g/mol. The first-order chi connectivity index (χ1) is 15.5. The van der Waals surface area contributed by atoms with Crippen LogP contribution in [0.5, 0.6) is 5.75 Å². The van der Waals surface area contributed by atoms with Gasteiger partial charge < -0.3 is 4.74 Å². The molecule has 2 aromatic carbocycles. The van der Waals surface area contributed by atoms with E-state index in [2.05, 4.69) is 9.97 Å². The number of methoxy groups -OCH3 is 1. The Morgan fingerprint density at radius 3 is 2.84 bits per heavy atom. The van der Waals surface area contributed by atoms with Gasteiger partial charge in [-0.2, -0.15) is 0 Å². The van der Waals surface area contributed by atoms with Crippen LogP contribution in [-0.2, 0) is 11.3 Å². The summed E-state index contributed by atoms with van der Waals surface area (Å²) in [6.45, 7) is 0.281. The molecule has 0 saturated heterocycles. The molecule has 0 aliphatic heterocycles. The zero-order valence-electron chi connectivity index (χ0n) is 17.0. The number of carbonyl (C=O) groups excluding carboxylic acids is 1. The maximum atomic E-state index is 13.2. The third kappa shape index (κ3) is 4.79. The third-order valence-electron chi connectivity index (χ3n) is 4.64. The van der Waals surface area contributed by atoms with Crippen LogP contribution in [0, 0.1) is 10.1 Å². The fourth-order valence-corrected chi connectivity index (χ4v) is 4.00. The first-order valence-electron chi connectivity index (χ1n) is 9.61. The molecule has 4 rings (SSSR count). The van der Waals surface area contributed by atoms with E-state index in [1.165, 1.54) is 29.5 Å². The lowest BCUT2D eigenvalue weighted by Crippen LogP contribution is -2.28. The molecule has 0 unspecified atom stereocenters. The number of carbonyl (C=O) groups is 1. The van der Waals surface area contributed by atoms with Gasteiger partial charge in [0.1, 0.15) is 5.75 Å². The number of thiazole rings is 1. The molecule has 0 saturated carbocycles. The average molecular weight is 446 g/mol. The van der Waals surface area contributed by atoms with Crippen LogP contribution in [0.1, 0.15) is 11.1 Å². The number of hydrogen-bond donors (Lipinski definition) is 0. The summed E-state index contributed by atoms with van der Waals surface area (Å²) >= 11 is 1.39. The van der Waals surface area contributed by atoms with Crippen molar-refractivity contribution in [3.63, 3.8) is 0 Å². The van der Waals surface area contributed by atoms with Crippen molar-refractivity contribution < 1.29 is 14.5 Å². The van der Waals surface area contributed by atoms with Crippen molar-refractivity contribution in [3.8, 4) is 5.75 Å². The Labute approximate surface area is 187 Å². The molecule has 9 heteroatoms. The van der Waals surface area contributed by atoms with E-state index in [-0.39, 0.29) is 18.1 Å². The van der Waals surface area contributed by atoms with Crippen LogP contribution in [0.25, 0.3) is 16.3 Å². The number of nitro benzene ring substituents is 1. The molecule has 2 heterocycles. The van der Waals surface area contributed by atoms with E-state index in [1.54, 1.807) is 48.7 Å². The van der Waals surface area contributed by atoms with E-state index in [0.29, 0.717) is 16.4 Å². The molecule has 8 nitrogen and oxygen atoms in total. The standard InChI is InChI=1S/C23H18N4O4S/c1-31-19-8-9-21-20(13-19)25-23(32-21)26(15-17-5-3-11-24-14-17)22(28)10-7-16-4-2-6-18(12-16)27(29)30/h2-14H,15H2,1H3/b10-7+. The topological polar surface area (TPSA) is 98.5 Å². The molecule has 4 aromatic rings. The van der Waals surface area contributed by atoms with Gasteiger partial charge in [-0.05, 0) is 35.4 Å². The molecule has 1 amide bonds. The smallest absolute Gasteiger partial charge is 0.270 e. The number of non-ortho nitro benzene ring substituents is 1. The van der Waals surface area contributed by atoms with Crippen LogP contribution in [0.4, 0.5) is 10.8 Å². The van der Waals surface area contributed by atoms with Gasteiger partial charge in [-0.15, -0.1) is 0 Å². The van der Waals surface area contributed by atoms with Crippen molar-refractivity contribution in [1.29, 1.82) is 0 Å². The van der Waals surface area contributed by atoms with Gasteiger partial charge in [0.2, 0.25) is 0 Å². The highest BCUT2D eigenvalue weighted by molar-refractivity contribution is 7.22. The summed E-state index contributed by atoms with van der Waals surface area (Å²) in [6.07, 6.45) is 6.31. The van der Waals surface area contributed by atoms with E-state index < -0.39 is 4.92 Å². The number of aromatic nitrogens is 2. The molecule has 0 fully saturated rings. The molecule has 0 spiro atoms. The zero-order valence-corrected chi connectivity index (χ0v) is 17.9. The summed E-state index contributed by atoms with van der Waals surface area (Å²) in [5.41, 5.74) is 2.10. The van der Waals surface area contributed by atoms with Crippen molar-refractivity contribution >= 4 is 44.4 Å². The van der Waals surface area contributed by atoms with Crippen molar-refractivity contribution in [3.05, 3.63) is 94.3 Å². The third-order valence-corrected chi connectivity index (χ3v) is 5.70. The Bertz CT molecular complexity index is 1300. The van der Waals surface area contributed by atoms with Crippen molar-refractivity contribution in [1.82, 2.24) is 9.97 Å². The Kier molecular flexibility index (Phi) is 6.18. The lowest BCUT2D eigenvalue weighted by molar-refractivity contribution is -0.384. The minimum Gasteiger partial charge on any atom is -0.497 e. The number of nitro groups is 1. The summed E-state index contributed by atoms with van der Waals surface area (Å²) in [5.74, 6) is 0.386. The molecular formula is C23H18N4O4S. The van der Waals surface area contributed by atoms with Gasteiger partial charge in [0.15, 0.2) is 5.13 Å². The van der Waals surface area contributed by atoms with Crippen LogP contribution in [0.15, 0.2) is 73.1 Å². The largest absolute Gasteiger partial charge is 0.497 e. The molecule has 2 aromatic heterocycles. The Hall–Kier alpha value is -4.11. The van der Waals surface area contributed by atoms with E-state index in [1.807, 2.05) is 24.3 Å². The van der Waals surface area contributed by atoms with Gasteiger partial charge in [0.25, 0.3) is 11.6 Å². The fourth-order valence-electron chi connectivity index (χ4n) is 3.05. The fraction of sp³-hybridized carbons (Fsp3) is 0.0870. The van der Waals surface area contributed by atoms with E-state index >= 15 is 0 Å². The zero-order chi connectivity index (χ0) is 22.5. The minimum atomic E-state index is -0.469. The van der Waals surface area contributed by atoms with Gasteiger partial charge >= 0.3 is 0 Å². The summed E-state index contributed by atoms with van der Waals surface area (Å²) in [7, 11) is 1.59. The van der Waals surface area contributed by atoms with Crippen molar-refractivity contribution in [2.45, 2.75) is 6.54 Å². The molecule has 0 aliphatic rings. The molecule has 0 N–H and O–H groups in total. The highest BCUT2D eigenvalue weighted by Crippen LogP contribution is 2.32. The molecule has 0 radical (unpaired) electrons. The lowest BCUT2D eigenvalue weighted by Gasteiger charge is -2.18. The number of pyridine rings is 1. The predicted molar refractivity (Wildman–Crippen MR) is 124 cm³/mol. The first-order valence-corrected chi connectivity index (χ1v) is 10.4. The first kappa shape index (κ1) is 21.1. The number of rotatable bonds is 7. The number of hydrogen-bond acceptors (Lipinski definition) is 7. The Balaban J connectivity index is 1.67. The maximum absolute atomic E-state index is 13.2. The maximum Gasteiger partial charge on any atom is 0.270 e. The summed E-state index contributed by atoms with van der Waals surface area (Å²) in [4.78, 5) is 34.0. The lowest BCUT2D eigenvalue weighted by atomic mass is 10.2. The van der Waals surface area contributed by atoms with Crippen LogP contribution >= 0.6 is 11.3 Å². The van der Waals surface area contributed by atoms with Gasteiger partial charge in [-0.25, -0.2) is 4.98 Å². The van der Waals surface area contributed by atoms with Gasteiger partial charge in [-0.3, -0.25) is 24.8 Å². The second-order valence-corrected chi connectivity index (χ2v) is 7.81. The quantitative estimate of drug-likeness (QED) is 0.229. The summed E-state index contributed by atoms with van der Waals surface area (Å²) in [6, 6.07) is 15.4. The van der Waals surface area contributed by atoms with Crippen LogP contribution in [0.2, 0.25) is 0 Å². The number of ether oxygens (including phenoxy) is 1. The molecule has 32 heavy (non-hydrogen) atoms. The van der Waals surface area contributed by atoms with Crippen molar-refractivity contribution in [2.75, 3.05) is 12.0 Å². The molecule has 160 valence electrons. The number of fused-ring (bicyclic) bond motifs is 1. The van der Waals surface area contributed by atoms with Crippen LogP contribution < -0.4 is 9.64 Å². The van der Waals surface area contributed by atoms with Crippen LogP contribution in [-0.4, -0.2) is 27.9 Å². The van der Waals surface area contributed by atoms with Gasteiger partial charge in [-0.1, -0.05) is 29.5 Å². The van der Waals surface area contributed by atoms with Crippen LogP contribution in [0.3, 0.4) is 0 Å². The molecular weight excluding hydrogens is 428 g/mol. The SMILES string of the molecule is COc1ccc2sc(N(Cc3cccnc3)C(=O)/C=C/c3cccc([N+](=O)[O-])c3)nc2c1. The van der Waals surface area contributed by atoms with E-state index in [4.69, 9.17) is 4.74 Å².